The molecule has 0 aromatic carbocycles. The van der Waals surface area contributed by atoms with Crippen LogP contribution in [0.4, 0.5) is 0 Å². The van der Waals surface area contributed by atoms with Gasteiger partial charge >= 0.3 is 0 Å². The SMILES string of the molecule is O=C(Cc1csc(-c2cccs2)n1)NC1=NCCS1. The number of thiophene rings is 1. The van der Waals surface area contributed by atoms with Crippen LogP contribution in [0.2, 0.25) is 0 Å². The van der Waals surface area contributed by atoms with Crippen molar-refractivity contribution in [2.75, 3.05) is 12.3 Å². The zero-order chi connectivity index (χ0) is 13.1. The van der Waals surface area contributed by atoms with Crippen LogP contribution >= 0.6 is 34.4 Å². The van der Waals surface area contributed by atoms with Crippen molar-refractivity contribution in [1.29, 1.82) is 0 Å². The molecule has 19 heavy (non-hydrogen) atoms. The Bertz CT molecular complexity index is 604. The number of nitrogens with zero attached hydrogens (tertiary/aromatic N) is 2. The number of amidine groups is 1. The highest BCUT2D eigenvalue weighted by Gasteiger charge is 2.13. The Morgan fingerprint density at radius 3 is 3.11 bits per heavy atom. The van der Waals surface area contributed by atoms with Crippen molar-refractivity contribution in [2.45, 2.75) is 6.42 Å². The number of thioether (sulfide) groups is 1. The average molecular weight is 309 g/mol. The summed E-state index contributed by atoms with van der Waals surface area (Å²) in [6, 6.07) is 4.04. The summed E-state index contributed by atoms with van der Waals surface area (Å²) in [5.41, 5.74) is 0.814. The second-order valence-electron chi connectivity index (χ2n) is 3.88. The molecule has 2 aromatic heterocycles. The zero-order valence-electron chi connectivity index (χ0n) is 9.96. The minimum Gasteiger partial charge on any atom is -0.305 e. The maximum atomic E-state index is 11.8. The molecule has 4 nitrogen and oxygen atoms in total. The van der Waals surface area contributed by atoms with Crippen molar-refractivity contribution in [3.63, 3.8) is 0 Å². The predicted octanol–water partition coefficient (Wildman–Crippen LogP) is 2.63. The van der Waals surface area contributed by atoms with E-state index < -0.39 is 0 Å². The summed E-state index contributed by atoms with van der Waals surface area (Å²) in [7, 11) is 0. The first-order chi connectivity index (χ1) is 9.31. The van der Waals surface area contributed by atoms with Gasteiger partial charge in [-0.3, -0.25) is 9.79 Å². The molecule has 0 spiro atoms. The molecule has 0 radical (unpaired) electrons. The summed E-state index contributed by atoms with van der Waals surface area (Å²) in [5.74, 6) is 0.908. The van der Waals surface area contributed by atoms with Gasteiger partial charge in [-0.2, -0.15) is 0 Å². The summed E-state index contributed by atoms with van der Waals surface area (Å²) in [4.78, 5) is 21.7. The summed E-state index contributed by atoms with van der Waals surface area (Å²) < 4.78 is 0. The van der Waals surface area contributed by atoms with Gasteiger partial charge < -0.3 is 5.32 Å². The first-order valence-electron chi connectivity index (χ1n) is 5.76. The fourth-order valence-corrected chi connectivity index (χ4v) is 4.02. The maximum Gasteiger partial charge on any atom is 0.231 e. The molecule has 1 aliphatic heterocycles. The van der Waals surface area contributed by atoms with Gasteiger partial charge in [0.2, 0.25) is 5.91 Å². The Labute approximate surface area is 123 Å². The minimum absolute atomic E-state index is 0.0452. The normalized spacial score (nSPS) is 14.4. The number of carbonyl (C=O) groups excluding carboxylic acids is 1. The van der Waals surface area contributed by atoms with Gasteiger partial charge in [-0.05, 0) is 11.4 Å². The molecule has 3 heterocycles. The van der Waals surface area contributed by atoms with E-state index >= 15 is 0 Å². The molecule has 0 aliphatic carbocycles. The molecule has 3 rings (SSSR count). The van der Waals surface area contributed by atoms with Gasteiger partial charge in [-0.15, -0.1) is 22.7 Å². The average Bonchev–Trinajstić information content (AvgIpc) is 3.09. The second-order valence-corrected chi connectivity index (χ2v) is 6.77. The van der Waals surface area contributed by atoms with Crippen LogP contribution in [0.25, 0.3) is 9.88 Å². The zero-order valence-corrected chi connectivity index (χ0v) is 12.4. The standard InChI is InChI=1S/C12H11N3OS3/c16-10(15-12-13-3-5-18-12)6-8-7-19-11(14-8)9-2-1-4-17-9/h1-2,4,7H,3,5-6H2,(H,13,15,16). The highest BCUT2D eigenvalue weighted by molar-refractivity contribution is 8.14. The van der Waals surface area contributed by atoms with Crippen LogP contribution < -0.4 is 5.32 Å². The van der Waals surface area contributed by atoms with E-state index in [9.17, 15) is 4.79 Å². The predicted molar refractivity (Wildman–Crippen MR) is 82.0 cm³/mol. The maximum absolute atomic E-state index is 11.8. The van der Waals surface area contributed by atoms with E-state index in [1.54, 1.807) is 34.4 Å². The molecule has 0 bridgehead atoms. The van der Waals surface area contributed by atoms with E-state index in [0.717, 1.165) is 33.0 Å². The van der Waals surface area contributed by atoms with Gasteiger partial charge in [0, 0.05) is 11.1 Å². The van der Waals surface area contributed by atoms with Crippen molar-refractivity contribution in [3.8, 4) is 9.88 Å². The Morgan fingerprint density at radius 1 is 1.42 bits per heavy atom. The lowest BCUT2D eigenvalue weighted by Gasteiger charge is -2.01. The molecule has 0 fully saturated rings. The number of aliphatic imine (C=N–C) groups is 1. The van der Waals surface area contributed by atoms with Crippen molar-refractivity contribution in [2.24, 2.45) is 4.99 Å². The largest absolute Gasteiger partial charge is 0.305 e. The molecule has 1 aliphatic rings. The quantitative estimate of drug-likeness (QED) is 0.948. The summed E-state index contributed by atoms with van der Waals surface area (Å²) in [6.45, 7) is 0.791. The van der Waals surface area contributed by atoms with Crippen LogP contribution in [0, 0.1) is 0 Å². The Balaban J connectivity index is 1.62. The minimum atomic E-state index is -0.0452. The van der Waals surface area contributed by atoms with E-state index in [1.165, 1.54) is 0 Å². The summed E-state index contributed by atoms with van der Waals surface area (Å²) in [6.07, 6.45) is 0.307. The van der Waals surface area contributed by atoms with E-state index in [-0.39, 0.29) is 5.91 Å². The molecular weight excluding hydrogens is 298 g/mol. The van der Waals surface area contributed by atoms with E-state index in [0.29, 0.717) is 6.42 Å². The third-order valence-electron chi connectivity index (χ3n) is 2.46. The molecule has 0 saturated carbocycles. The van der Waals surface area contributed by atoms with Crippen LogP contribution in [-0.4, -0.2) is 28.4 Å². The van der Waals surface area contributed by atoms with Crippen molar-refractivity contribution in [3.05, 3.63) is 28.6 Å². The van der Waals surface area contributed by atoms with E-state index in [2.05, 4.69) is 15.3 Å². The van der Waals surface area contributed by atoms with Gasteiger partial charge in [0.05, 0.1) is 23.5 Å². The van der Waals surface area contributed by atoms with Crippen molar-refractivity contribution >= 4 is 45.5 Å². The second kappa shape index (κ2) is 5.85. The van der Waals surface area contributed by atoms with Gasteiger partial charge in [-0.1, -0.05) is 17.8 Å². The van der Waals surface area contributed by atoms with Gasteiger partial charge in [0.1, 0.15) is 5.01 Å². The summed E-state index contributed by atoms with van der Waals surface area (Å²) >= 11 is 4.82. The van der Waals surface area contributed by atoms with Crippen LogP contribution in [0.3, 0.4) is 0 Å². The number of carbonyl (C=O) groups is 1. The van der Waals surface area contributed by atoms with E-state index in [1.807, 2.05) is 22.9 Å². The van der Waals surface area contributed by atoms with Gasteiger partial charge in [0.15, 0.2) is 5.17 Å². The fraction of sp³-hybridized carbons (Fsp3) is 0.250. The smallest absolute Gasteiger partial charge is 0.231 e. The molecule has 1 N–H and O–H groups in total. The third-order valence-corrected chi connectivity index (χ3v) is 5.28. The third kappa shape index (κ3) is 3.23. The first kappa shape index (κ1) is 12.8. The van der Waals surface area contributed by atoms with Crippen LogP contribution in [0.5, 0.6) is 0 Å². The molecule has 0 atom stereocenters. The molecule has 98 valence electrons. The number of hydrogen-bond acceptors (Lipinski definition) is 6. The fourth-order valence-electron chi connectivity index (χ4n) is 1.64. The highest BCUT2D eigenvalue weighted by Crippen LogP contribution is 2.27. The molecule has 7 heteroatoms. The van der Waals surface area contributed by atoms with Gasteiger partial charge in [-0.25, -0.2) is 4.98 Å². The molecule has 1 amide bonds. The number of amides is 1. The highest BCUT2D eigenvalue weighted by atomic mass is 32.2. The number of thiazole rings is 1. The van der Waals surface area contributed by atoms with Crippen LogP contribution in [-0.2, 0) is 11.2 Å². The Kier molecular flexibility index (Phi) is 3.95. The van der Waals surface area contributed by atoms with Crippen molar-refractivity contribution < 1.29 is 4.79 Å². The number of rotatable bonds is 3. The molecule has 2 aromatic rings. The number of aromatic nitrogens is 1. The lowest BCUT2D eigenvalue weighted by molar-refractivity contribution is -0.119. The Hall–Kier alpha value is -1.18. The lowest BCUT2D eigenvalue weighted by atomic mass is 10.3. The molecular formula is C12H11N3OS3. The molecule has 0 saturated heterocycles. The number of hydrogen-bond donors (Lipinski definition) is 1. The van der Waals surface area contributed by atoms with Crippen LogP contribution in [0.15, 0.2) is 27.9 Å². The van der Waals surface area contributed by atoms with Crippen LogP contribution in [0.1, 0.15) is 5.69 Å². The topological polar surface area (TPSA) is 54.4 Å². The Morgan fingerprint density at radius 2 is 2.37 bits per heavy atom. The van der Waals surface area contributed by atoms with E-state index in [4.69, 9.17) is 0 Å². The first-order valence-corrected chi connectivity index (χ1v) is 8.51. The number of nitrogens with one attached hydrogen (secondary N) is 1. The van der Waals surface area contributed by atoms with Crippen molar-refractivity contribution in [1.82, 2.24) is 10.3 Å². The molecule has 0 unspecified atom stereocenters. The lowest BCUT2D eigenvalue weighted by Crippen LogP contribution is -2.28. The van der Waals surface area contributed by atoms with Gasteiger partial charge in [0.25, 0.3) is 0 Å². The monoisotopic (exact) mass is 309 g/mol. The summed E-state index contributed by atoms with van der Waals surface area (Å²) in [5, 5.41) is 8.49.